The minimum Gasteiger partial charge on any atom is -0.361 e. The molecular formula is C14H21N. The van der Waals surface area contributed by atoms with Gasteiger partial charge in [0.15, 0.2) is 0 Å². The van der Waals surface area contributed by atoms with Crippen LogP contribution in [0.25, 0.3) is 10.9 Å². The van der Waals surface area contributed by atoms with Gasteiger partial charge in [-0.2, -0.15) is 0 Å². The topological polar surface area (TPSA) is 15.8 Å². The van der Waals surface area contributed by atoms with Gasteiger partial charge in [0.25, 0.3) is 0 Å². The molecule has 15 heavy (non-hydrogen) atoms. The van der Waals surface area contributed by atoms with Gasteiger partial charge < -0.3 is 4.98 Å². The second kappa shape index (κ2) is 5.01. The second-order valence-corrected chi connectivity index (χ2v) is 3.95. The molecule has 0 radical (unpaired) electrons. The summed E-state index contributed by atoms with van der Waals surface area (Å²) in [5.41, 5.74) is 3.99. The summed E-state index contributed by atoms with van der Waals surface area (Å²) in [5, 5.41) is 1.37. The summed E-state index contributed by atoms with van der Waals surface area (Å²) in [5.74, 6) is 0.593. The first kappa shape index (κ1) is 11.8. The molecule has 0 aliphatic rings. The molecule has 1 heterocycles. The van der Waals surface area contributed by atoms with Crippen LogP contribution in [-0.2, 0) is 0 Å². The minimum atomic E-state index is 0.593. The van der Waals surface area contributed by atoms with E-state index in [2.05, 4.69) is 50.2 Å². The lowest BCUT2D eigenvalue weighted by Crippen LogP contribution is -1.83. The van der Waals surface area contributed by atoms with E-state index >= 15 is 0 Å². The summed E-state index contributed by atoms with van der Waals surface area (Å²) in [6.07, 6.45) is 2.12. The van der Waals surface area contributed by atoms with Crippen molar-refractivity contribution >= 4 is 10.9 Å². The Morgan fingerprint density at radius 2 is 1.80 bits per heavy atom. The van der Waals surface area contributed by atoms with E-state index in [4.69, 9.17) is 0 Å². The van der Waals surface area contributed by atoms with Crippen molar-refractivity contribution in [2.45, 2.75) is 40.5 Å². The molecule has 0 bridgehead atoms. The SMILES string of the molecule is CC.Cc1ccc2[nH]cc(C(C)C)c2c1. The first-order valence-electron chi connectivity index (χ1n) is 5.76. The zero-order valence-corrected chi connectivity index (χ0v) is 10.4. The lowest BCUT2D eigenvalue weighted by Gasteiger charge is -2.02. The van der Waals surface area contributed by atoms with E-state index in [1.807, 2.05) is 13.8 Å². The van der Waals surface area contributed by atoms with Crippen LogP contribution in [0.1, 0.15) is 44.7 Å². The van der Waals surface area contributed by atoms with Crippen LogP contribution < -0.4 is 0 Å². The summed E-state index contributed by atoms with van der Waals surface area (Å²) in [7, 11) is 0. The van der Waals surface area contributed by atoms with Crippen LogP contribution in [0.5, 0.6) is 0 Å². The fourth-order valence-corrected chi connectivity index (χ4v) is 1.73. The number of hydrogen-bond acceptors (Lipinski definition) is 0. The zero-order chi connectivity index (χ0) is 11.4. The Kier molecular flexibility index (Phi) is 3.96. The van der Waals surface area contributed by atoms with Crippen LogP contribution in [0.4, 0.5) is 0 Å². The Morgan fingerprint density at radius 1 is 1.13 bits per heavy atom. The third-order valence-electron chi connectivity index (χ3n) is 2.49. The van der Waals surface area contributed by atoms with Gasteiger partial charge in [0.05, 0.1) is 0 Å². The number of nitrogens with one attached hydrogen (secondary N) is 1. The van der Waals surface area contributed by atoms with E-state index in [-0.39, 0.29) is 0 Å². The van der Waals surface area contributed by atoms with Crippen LogP contribution in [0, 0.1) is 6.92 Å². The van der Waals surface area contributed by atoms with Crippen molar-refractivity contribution in [1.82, 2.24) is 4.98 Å². The summed E-state index contributed by atoms with van der Waals surface area (Å²) in [4.78, 5) is 3.30. The average Bonchev–Trinajstić information content (AvgIpc) is 2.63. The van der Waals surface area contributed by atoms with Crippen LogP contribution >= 0.6 is 0 Å². The Bertz CT molecular complexity index is 424. The van der Waals surface area contributed by atoms with Crippen molar-refractivity contribution in [1.29, 1.82) is 0 Å². The molecule has 0 aliphatic carbocycles. The predicted molar refractivity (Wildman–Crippen MR) is 68.5 cm³/mol. The molecule has 1 aromatic carbocycles. The molecule has 0 unspecified atom stereocenters. The van der Waals surface area contributed by atoms with E-state index in [9.17, 15) is 0 Å². The molecule has 0 saturated heterocycles. The van der Waals surface area contributed by atoms with Crippen LogP contribution in [0.15, 0.2) is 24.4 Å². The number of aromatic amines is 1. The highest BCUT2D eigenvalue weighted by Crippen LogP contribution is 2.25. The lowest BCUT2D eigenvalue weighted by atomic mass is 10.0. The number of fused-ring (bicyclic) bond motifs is 1. The lowest BCUT2D eigenvalue weighted by molar-refractivity contribution is 0.875. The Labute approximate surface area is 92.5 Å². The molecule has 0 saturated carbocycles. The molecule has 2 aromatic rings. The van der Waals surface area contributed by atoms with Crippen molar-refractivity contribution in [3.05, 3.63) is 35.5 Å². The summed E-state index contributed by atoms with van der Waals surface area (Å²) in [6, 6.07) is 6.54. The Balaban J connectivity index is 0.000000531. The van der Waals surface area contributed by atoms with Gasteiger partial charge in [-0.25, -0.2) is 0 Å². The first-order valence-corrected chi connectivity index (χ1v) is 5.76. The van der Waals surface area contributed by atoms with Gasteiger partial charge in [-0.05, 0) is 30.5 Å². The maximum Gasteiger partial charge on any atom is 0.0457 e. The highest BCUT2D eigenvalue weighted by atomic mass is 14.7. The van der Waals surface area contributed by atoms with E-state index in [0.29, 0.717) is 5.92 Å². The third-order valence-corrected chi connectivity index (χ3v) is 2.49. The number of aromatic nitrogens is 1. The fourth-order valence-electron chi connectivity index (χ4n) is 1.73. The van der Waals surface area contributed by atoms with Crippen molar-refractivity contribution in [2.75, 3.05) is 0 Å². The second-order valence-electron chi connectivity index (χ2n) is 3.95. The molecule has 82 valence electrons. The minimum absolute atomic E-state index is 0.593. The number of rotatable bonds is 1. The highest BCUT2D eigenvalue weighted by molar-refractivity contribution is 5.84. The molecule has 0 spiro atoms. The van der Waals surface area contributed by atoms with E-state index in [0.717, 1.165) is 0 Å². The van der Waals surface area contributed by atoms with Gasteiger partial charge in [-0.15, -0.1) is 0 Å². The van der Waals surface area contributed by atoms with E-state index < -0.39 is 0 Å². The van der Waals surface area contributed by atoms with Crippen LogP contribution in [-0.4, -0.2) is 4.98 Å². The van der Waals surface area contributed by atoms with E-state index in [1.54, 1.807) is 0 Å². The van der Waals surface area contributed by atoms with Gasteiger partial charge in [-0.3, -0.25) is 0 Å². The van der Waals surface area contributed by atoms with Gasteiger partial charge in [-0.1, -0.05) is 39.3 Å². The van der Waals surface area contributed by atoms with Gasteiger partial charge in [0.2, 0.25) is 0 Å². The number of hydrogen-bond donors (Lipinski definition) is 1. The molecule has 2 rings (SSSR count). The molecule has 0 amide bonds. The third kappa shape index (κ3) is 2.41. The highest BCUT2D eigenvalue weighted by Gasteiger charge is 2.06. The van der Waals surface area contributed by atoms with Crippen LogP contribution in [0.3, 0.4) is 0 Å². The maximum atomic E-state index is 3.30. The Hall–Kier alpha value is -1.24. The van der Waals surface area contributed by atoms with Gasteiger partial charge in [0.1, 0.15) is 0 Å². The predicted octanol–water partition coefficient (Wildman–Crippen LogP) is 4.63. The zero-order valence-electron chi connectivity index (χ0n) is 10.4. The summed E-state index contributed by atoms with van der Waals surface area (Å²) in [6.45, 7) is 10.6. The van der Waals surface area contributed by atoms with E-state index in [1.165, 1.54) is 22.0 Å². The maximum absolute atomic E-state index is 3.30. The quantitative estimate of drug-likeness (QED) is 0.695. The molecular weight excluding hydrogens is 182 g/mol. The normalized spacial score (nSPS) is 10.3. The van der Waals surface area contributed by atoms with Crippen molar-refractivity contribution in [3.8, 4) is 0 Å². The van der Waals surface area contributed by atoms with Crippen molar-refractivity contribution in [2.24, 2.45) is 0 Å². The first-order chi connectivity index (χ1) is 7.18. The molecule has 0 aliphatic heterocycles. The smallest absolute Gasteiger partial charge is 0.0457 e. The number of benzene rings is 1. The van der Waals surface area contributed by atoms with Crippen LogP contribution in [0.2, 0.25) is 0 Å². The molecule has 0 fully saturated rings. The number of aryl methyl sites for hydroxylation is 1. The monoisotopic (exact) mass is 203 g/mol. The molecule has 1 aromatic heterocycles. The van der Waals surface area contributed by atoms with Gasteiger partial charge in [0, 0.05) is 17.1 Å². The standard InChI is InChI=1S/C12H15N.C2H6/c1-8(2)11-7-13-12-5-4-9(3)6-10(11)12;1-2/h4-8,13H,1-3H3;1-2H3. The summed E-state index contributed by atoms with van der Waals surface area (Å²) < 4.78 is 0. The largest absolute Gasteiger partial charge is 0.361 e. The fraction of sp³-hybridized carbons (Fsp3) is 0.429. The van der Waals surface area contributed by atoms with Crippen molar-refractivity contribution in [3.63, 3.8) is 0 Å². The Morgan fingerprint density at radius 3 is 2.40 bits per heavy atom. The molecule has 1 N–H and O–H groups in total. The molecule has 1 nitrogen and oxygen atoms in total. The summed E-state index contributed by atoms with van der Waals surface area (Å²) >= 11 is 0. The van der Waals surface area contributed by atoms with Gasteiger partial charge >= 0.3 is 0 Å². The van der Waals surface area contributed by atoms with Crippen molar-refractivity contribution < 1.29 is 0 Å². The molecule has 1 heteroatoms. The molecule has 0 atom stereocenters. The number of H-pyrrole nitrogens is 1. The average molecular weight is 203 g/mol.